The fourth-order valence-electron chi connectivity index (χ4n) is 3.23. The number of aliphatic carboxylic acids is 1. The van der Waals surface area contributed by atoms with E-state index in [4.69, 9.17) is 9.47 Å². The van der Waals surface area contributed by atoms with Gasteiger partial charge in [0.05, 0.1) is 7.11 Å². The molecule has 0 heterocycles. The Morgan fingerprint density at radius 2 is 1.63 bits per heavy atom. The third kappa shape index (κ3) is 5.70. The number of ketones is 1. The molecular weight excluding hydrogens is 380 g/mol. The van der Waals surface area contributed by atoms with Crippen molar-refractivity contribution in [2.24, 2.45) is 0 Å². The third-order valence-electron chi connectivity index (χ3n) is 4.84. The van der Waals surface area contributed by atoms with Crippen LogP contribution in [0.3, 0.4) is 0 Å². The number of methoxy groups -OCH3 is 1. The zero-order chi connectivity index (χ0) is 21.3. The number of hydrogen-bond donors (Lipinski definition) is 0. The first-order valence-electron chi connectivity index (χ1n) is 9.71. The van der Waals surface area contributed by atoms with E-state index in [1.807, 2.05) is 30.3 Å². The summed E-state index contributed by atoms with van der Waals surface area (Å²) in [6, 6.07) is 23.8. The van der Waals surface area contributed by atoms with Crippen LogP contribution in [0, 0.1) is 0 Å². The number of carbonyl (C=O) groups is 2. The summed E-state index contributed by atoms with van der Waals surface area (Å²) in [4.78, 5) is 24.2. The maximum atomic E-state index is 13.2. The van der Waals surface area contributed by atoms with Crippen LogP contribution in [-0.4, -0.2) is 18.9 Å². The predicted molar refractivity (Wildman–Crippen MR) is 112 cm³/mol. The number of carbonyl (C=O) groups excluding carboxylic acids is 2. The highest BCUT2D eigenvalue weighted by molar-refractivity contribution is 6.01. The average molecular weight is 403 g/mol. The lowest BCUT2D eigenvalue weighted by Crippen LogP contribution is -2.24. The lowest BCUT2D eigenvalue weighted by Gasteiger charge is -2.18. The molecule has 0 N–H and O–H groups in total. The molecule has 1 unspecified atom stereocenters. The van der Waals surface area contributed by atoms with Gasteiger partial charge in [0.25, 0.3) is 0 Å². The van der Waals surface area contributed by atoms with Gasteiger partial charge in [0.2, 0.25) is 0 Å². The van der Waals surface area contributed by atoms with E-state index in [1.54, 1.807) is 55.6 Å². The van der Waals surface area contributed by atoms with Crippen LogP contribution in [-0.2, 0) is 11.4 Å². The molecular formula is C25H23O5-. The Hall–Kier alpha value is -3.60. The van der Waals surface area contributed by atoms with Crippen molar-refractivity contribution in [1.82, 2.24) is 0 Å². The molecule has 0 bridgehead atoms. The summed E-state index contributed by atoms with van der Waals surface area (Å²) in [5.41, 5.74) is 2.23. The van der Waals surface area contributed by atoms with Gasteiger partial charge in [-0.2, -0.15) is 0 Å². The smallest absolute Gasteiger partial charge is 0.170 e. The van der Waals surface area contributed by atoms with Crippen molar-refractivity contribution < 1.29 is 24.2 Å². The molecule has 0 aliphatic rings. The monoisotopic (exact) mass is 403 g/mol. The molecule has 5 heteroatoms. The van der Waals surface area contributed by atoms with E-state index in [1.165, 1.54) is 0 Å². The zero-order valence-corrected chi connectivity index (χ0v) is 16.7. The summed E-state index contributed by atoms with van der Waals surface area (Å²) in [6.45, 7) is 0.394. The van der Waals surface area contributed by atoms with Gasteiger partial charge in [0.15, 0.2) is 5.78 Å². The van der Waals surface area contributed by atoms with Gasteiger partial charge in [-0.25, -0.2) is 0 Å². The first-order valence-corrected chi connectivity index (χ1v) is 9.71. The van der Waals surface area contributed by atoms with Crippen molar-refractivity contribution in [1.29, 1.82) is 0 Å². The van der Waals surface area contributed by atoms with E-state index in [0.717, 1.165) is 11.1 Å². The lowest BCUT2D eigenvalue weighted by molar-refractivity contribution is -0.305. The van der Waals surface area contributed by atoms with E-state index in [2.05, 4.69) is 0 Å². The molecule has 3 aromatic carbocycles. The summed E-state index contributed by atoms with van der Waals surface area (Å²) in [7, 11) is 1.56. The number of carboxylic acid groups (broad SMARTS) is 1. The fourth-order valence-corrected chi connectivity index (χ4v) is 3.23. The SMILES string of the molecule is COc1ccc(C(CCC(=O)[O-])C(=O)c2cccc(OCc3ccccc3)c2)cc1. The molecule has 0 saturated carbocycles. The number of Topliss-reactive ketones (excluding diaryl/α,β-unsaturated/α-hetero) is 1. The highest BCUT2D eigenvalue weighted by Gasteiger charge is 2.22. The molecule has 154 valence electrons. The Morgan fingerprint density at radius 3 is 2.30 bits per heavy atom. The largest absolute Gasteiger partial charge is 0.550 e. The Kier molecular flexibility index (Phi) is 7.22. The number of rotatable bonds is 10. The minimum absolute atomic E-state index is 0.155. The number of carboxylic acids is 1. The van der Waals surface area contributed by atoms with Crippen molar-refractivity contribution in [3.8, 4) is 11.5 Å². The molecule has 0 fully saturated rings. The minimum atomic E-state index is -1.18. The molecule has 0 aliphatic carbocycles. The van der Waals surface area contributed by atoms with Crippen LogP contribution in [0.2, 0.25) is 0 Å². The van der Waals surface area contributed by atoms with Crippen molar-refractivity contribution in [3.63, 3.8) is 0 Å². The maximum absolute atomic E-state index is 13.2. The van der Waals surface area contributed by atoms with Crippen LogP contribution >= 0.6 is 0 Å². The lowest BCUT2D eigenvalue weighted by atomic mass is 9.87. The summed E-state index contributed by atoms with van der Waals surface area (Å²) in [5, 5.41) is 11.0. The first-order chi connectivity index (χ1) is 14.6. The van der Waals surface area contributed by atoms with Gasteiger partial charge in [-0.1, -0.05) is 54.6 Å². The van der Waals surface area contributed by atoms with Gasteiger partial charge >= 0.3 is 0 Å². The Balaban J connectivity index is 1.79. The molecule has 0 aromatic heterocycles. The topological polar surface area (TPSA) is 75.7 Å². The van der Waals surface area contributed by atoms with Crippen molar-refractivity contribution in [3.05, 3.63) is 95.6 Å². The Morgan fingerprint density at radius 1 is 0.900 bits per heavy atom. The van der Waals surface area contributed by atoms with Crippen molar-refractivity contribution in [2.45, 2.75) is 25.4 Å². The second-order valence-electron chi connectivity index (χ2n) is 6.90. The normalized spacial score (nSPS) is 11.5. The third-order valence-corrected chi connectivity index (χ3v) is 4.84. The van der Waals surface area contributed by atoms with Gasteiger partial charge in [-0.3, -0.25) is 4.79 Å². The molecule has 3 rings (SSSR count). The highest BCUT2D eigenvalue weighted by Crippen LogP contribution is 2.29. The maximum Gasteiger partial charge on any atom is 0.170 e. The second kappa shape index (κ2) is 10.3. The number of hydrogen-bond acceptors (Lipinski definition) is 5. The van der Waals surface area contributed by atoms with E-state index in [-0.39, 0.29) is 18.6 Å². The van der Waals surface area contributed by atoms with Gasteiger partial charge in [-0.15, -0.1) is 0 Å². The van der Waals surface area contributed by atoms with Gasteiger partial charge in [0, 0.05) is 17.5 Å². The molecule has 0 aliphatic heterocycles. The van der Waals surface area contributed by atoms with E-state index in [9.17, 15) is 14.7 Å². The van der Waals surface area contributed by atoms with Gasteiger partial charge < -0.3 is 19.4 Å². The molecule has 0 saturated heterocycles. The second-order valence-corrected chi connectivity index (χ2v) is 6.90. The van der Waals surface area contributed by atoms with Crippen LogP contribution in [0.1, 0.15) is 40.2 Å². The molecule has 0 radical (unpaired) electrons. The van der Waals surface area contributed by atoms with Crippen molar-refractivity contribution in [2.75, 3.05) is 7.11 Å². The molecule has 30 heavy (non-hydrogen) atoms. The van der Waals surface area contributed by atoms with E-state index < -0.39 is 11.9 Å². The quantitative estimate of drug-likeness (QED) is 0.482. The standard InChI is InChI=1S/C25H24O5/c1-29-21-12-10-19(11-13-21)23(14-15-24(26)27)25(28)20-8-5-9-22(16-20)30-17-18-6-3-2-4-7-18/h2-13,16,23H,14-15,17H2,1H3,(H,26,27)/p-1. The average Bonchev–Trinajstić information content (AvgIpc) is 2.79. The van der Waals surface area contributed by atoms with Gasteiger partial charge in [-0.05, 0) is 48.2 Å². The van der Waals surface area contributed by atoms with E-state index in [0.29, 0.717) is 23.7 Å². The summed E-state index contributed by atoms with van der Waals surface area (Å²) in [5.74, 6) is -0.690. The van der Waals surface area contributed by atoms with E-state index >= 15 is 0 Å². The van der Waals surface area contributed by atoms with Crippen molar-refractivity contribution >= 4 is 11.8 Å². The van der Waals surface area contributed by atoms with Crippen LogP contribution in [0.25, 0.3) is 0 Å². The highest BCUT2D eigenvalue weighted by atomic mass is 16.5. The van der Waals surface area contributed by atoms with Gasteiger partial charge in [0.1, 0.15) is 18.1 Å². The predicted octanol–water partition coefficient (Wildman–Crippen LogP) is 3.77. The summed E-state index contributed by atoms with van der Waals surface area (Å²) in [6.07, 6.45) is -0.0464. The van der Waals surface area contributed by atoms with Crippen LogP contribution in [0.15, 0.2) is 78.9 Å². The molecule has 0 spiro atoms. The summed E-state index contributed by atoms with van der Waals surface area (Å²) >= 11 is 0. The molecule has 1 atom stereocenters. The fraction of sp³-hybridized carbons (Fsp3) is 0.200. The first kappa shape index (κ1) is 21.1. The molecule has 3 aromatic rings. The summed E-state index contributed by atoms with van der Waals surface area (Å²) < 4.78 is 11.0. The number of ether oxygens (including phenoxy) is 2. The van der Waals surface area contributed by atoms with Crippen LogP contribution < -0.4 is 14.6 Å². The molecule has 0 amide bonds. The Bertz CT molecular complexity index is 980. The Labute approximate surface area is 175 Å². The molecule has 5 nitrogen and oxygen atoms in total. The zero-order valence-electron chi connectivity index (χ0n) is 16.7. The van der Waals surface area contributed by atoms with Crippen LogP contribution in [0.4, 0.5) is 0 Å². The minimum Gasteiger partial charge on any atom is -0.550 e. The number of benzene rings is 3. The van der Waals surface area contributed by atoms with Crippen LogP contribution in [0.5, 0.6) is 11.5 Å².